The molecule has 98 valence electrons. The Morgan fingerprint density at radius 3 is 2.67 bits per heavy atom. The number of aryl methyl sites for hydroxylation is 1. The lowest BCUT2D eigenvalue weighted by molar-refractivity contribution is -0.118. The Balaban J connectivity index is 2.09. The molecule has 0 unspecified atom stereocenters. The highest BCUT2D eigenvalue weighted by molar-refractivity contribution is 5.92. The first-order chi connectivity index (χ1) is 8.41. The lowest BCUT2D eigenvalue weighted by Gasteiger charge is -2.37. The molecule has 1 amide bonds. The molecule has 0 heterocycles. The van der Waals surface area contributed by atoms with Gasteiger partial charge in [-0.2, -0.15) is 0 Å². The molecule has 0 atom stereocenters. The van der Waals surface area contributed by atoms with Gasteiger partial charge in [0.1, 0.15) is 11.5 Å². The first-order valence-corrected chi connectivity index (χ1v) is 5.95. The van der Waals surface area contributed by atoms with Crippen molar-refractivity contribution in [3.05, 3.63) is 29.3 Å². The van der Waals surface area contributed by atoms with Crippen molar-refractivity contribution in [1.29, 1.82) is 0 Å². The zero-order valence-corrected chi connectivity index (χ0v) is 10.2. The fourth-order valence-electron chi connectivity index (χ4n) is 2.08. The van der Waals surface area contributed by atoms with Gasteiger partial charge < -0.3 is 11.1 Å². The van der Waals surface area contributed by atoms with Crippen molar-refractivity contribution in [2.24, 2.45) is 5.73 Å². The molecular weight excluding hydrogens is 238 g/mol. The van der Waals surface area contributed by atoms with Crippen LogP contribution in [0.4, 0.5) is 14.5 Å². The van der Waals surface area contributed by atoms with Gasteiger partial charge in [-0.1, -0.05) is 6.07 Å². The van der Waals surface area contributed by atoms with Crippen LogP contribution in [-0.2, 0) is 4.79 Å². The van der Waals surface area contributed by atoms with E-state index in [9.17, 15) is 13.6 Å². The fourth-order valence-corrected chi connectivity index (χ4v) is 2.08. The molecule has 1 aliphatic rings. The second-order valence-corrected chi connectivity index (χ2v) is 4.99. The lowest BCUT2D eigenvalue weighted by atomic mass is 9.75. The summed E-state index contributed by atoms with van der Waals surface area (Å²) in [5.41, 5.74) is 5.32. The van der Waals surface area contributed by atoms with Crippen molar-refractivity contribution in [1.82, 2.24) is 0 Å². The van der Waals surface area contributed by atoms with Crippen LogP contribution in [-0.4, -0.2) is 11.4 Å². The van der Waals surface area contributed by atoms with Crippen molar-refractivity contribution < 1.29 is 13.6 Å². The number of carbonyl (C=O) groups is 1. The number of nitrogens with two attached hydrogens (primary N) is 1. The van der Waals surface area contributed by atoms with Crippen molar-refractivity contribution in [2.75, 3.05) is 5.32 Å². The molecule has 1 aromatic carbocycles. The van der Waals surface area contributed by atoms with Crippen LogP contribution in [0, 0.1) is 18.6 Å². The standard InChI is InChI=1S/C13H16F2N2O/c1-8-3-4-9(14)12(11(8)15)17-10(18)7-13(16)5-2-6-13/h3-4H,2,5-7,16H2,1H3,(H,17,18). The van der Waals surface area contributed by atoms with Gasteiger partial charge in [0.05, 0.1) is 0 Å². The van der Waals surface area contributed by atoms with Gasteiger partial charge in [0, 0.05) is 12.0 Å². The van der Waals surface area contributed by atoms with Crippen LogP contribution in [0.3, 0.4) is 0 Å². The van der Waals surface area contributed by atoms with Crippen LogP contribution in [0.25, 0.3) is 0 Å². The second kappa shape index (κ2) is 4.65. The molecule has 3 nitrogen and oxygen atoms in total. The predicted octanol–water partition coefficient (Wildman–Crippen LogP) is 2.48. The van der Waals surface area contributed by atoms with E-state index in [4.69, 9.17) is 5.73 Å². The molecule has 5 heteroatoms. The Kier molecular flexibility index (Phi) is 3.34. The summed E-state index contributed by atoms with van der Waals surface area (Å²) in [4.78, 5) is 11.7. The van der Waals surface area contributed by atoms with Gasteiger partial charge in [-0.25, -0.2) is 8.78 Å². The van der Waals surface area contributed by atoms with E-state index < -0.39 is 23.1 Å². The van der Waals surface area contributed by atoms with Gasteiger partial charge >= 0.3 is 0 Å². The molecule has 0 aromatic heterocycles. The number of rotatable bonds is 3. The van der Waals surface area contributed by atoms with E-state index in [2.05, 4.69) is 5.32 Å². The molecule has 0 radical (unpaired) electrons. The van der Waals surface area contributed by atoms with Crippen molar-refractivity contribution >= 4 is 11.6 Å². The number of nitrogens with one attached hydrogen (secondary N) is 1. The number of hydrogen-bond acceptors (Lipinski definition) is 2. The Morgan fingerprint density at radius 2 is 2.11 bits per heavy atom. The Labute approximate surface area is 104 Å². The molecule has 1 saturated carbocycles. The predicted molar refractivity (Wildman–Crippen MR) is 65.1 cm³/mol. The van der Waals surface area contributed by atoms with Gasteiger partial charge in [0.25, 0.3) is 0 Å². The summed E-state index contributed by atoms with van der Waals surface area (Å²) >= 11 is 0. The SMILES string of the molecule is Cc1ccc(F)c(NC(=O)CC2(N)CCC2)c1F. The van der Waals surface area contributed by atoms with Crippen molar-refractivity contribution in [3.8, 4) is 0 Å². The van der Waals surface area contributed by atoms with E-state index >= 15 is 0 Å². The fraction of sp³-hybridized carbons (Fsp3) is 0.462. The Hall–Kier alpha value is -1.49. The molecule has 1 fully saturated rings. The minimum absolute atomic E-state index is 0.0970. The van der Waals surface area contributed by atoms with E-state index in [1.54, 1.807) is 0 Å². The maximum atomic E-state index is 13.7. The highest BCUT2D eigenvalue weighted by atomic mass is 19.1. The van der Waals surface area contributed by atoms with Crippen LogP contribution in [0.2, 0.25) is 0 Å². The first kappa shape index (κ1) is 13.0. The molecule has 0 saturated heterocycles. The number of hydrogen-bond donors (Lipinski definition) is 2. The highest BCUT2D eigenvalue weighted by Gasteiger charge is 2.35. The quantitative estimate of drug-likeness (QED) is 0.870. The van der Waals surface area contributed by atoms with Gasteiger partial charge in [0.15, 0.2) is 5.82 Å². The Morgan fingerprint density at radius 1 is 1.44 bits per heavy atom. The number of halogens is 2. The summed E-state index contributed by atoms with van der Waals surface area (Å²) in [6.07, 6.45) is 2.65. The largest absolute Gasteiger partial charge is 0.325 e. The van der Waals surface area contributed by atoms with E-state index in [-0.39, 0.29) is 17.7 Å². The van der Waals surface area contributed by atoms with E-state index in [1.807, 2.05) is 0 Å². The summed E-state index contributed by atoms with van der Waals surface area (Å²) in [5, 5.41) is 2.27. The maximum absolute atomic E-state index is 13.7. The highest BCUT2D eigenvalue weighted by Crippen LogP contribution is 2.32. The third-order valence-electron chi connectivity index (χ3n) is 3.41. The third kappa shape index (κ3) is 2.51. The minimum atomic E-state index is -0.772. The summed E-state index contributed by atoms with van der Waals surface area (Å²) in [6, 6.07) is 2.46. The molecule has 0 spiro atoms. The molecule has 1 aliphatic carbocycles. The molecule has 0 bridgehead atoms. The summed E-state index contributed by atoms with van der Waals surface area (Å²) < 4.78 is 27.1. The Bertz CT molecular complexity index is 484. The zero-order valence-electron chi connectivity index (χ0n) is 10.2. The number of anilines is 1. The van der Waals surface area contributed by atoms with Gasteiger partial charge in [0.2, 0.25) is 5.91 Å². The molecule has 18 heavy (non-hydrogen) atoms. The van der Waals surface area contributed by atoms with Crippen molar-refractivity contribution in [2.45, 2.75) is 38.1 Å². The second-order valence-electron chi connectivity index (χ2n) is 4.99. The van der Waals surface area contributed by atoms with Crippen LogP contribution in [0.15, 0.2) is 12.1 Å². The molecule has 3 N–H and O–H groups in total. The zero-order chi connectivity index (χ0) is 13.3. The van der Waals surface area contributed by atoms with E-state index in [1.165, 1.54) is 13.0 Å². The monoisotopic (exact) mass is 254 g/mol. The smallest absolute Gasteiger partial charge is 0.226 e. The molecule has 0 aliphatic heterocycles. The van der Waals surface area contributed by atoms with Crippen molar-refractivity contribution in [3.63, 3.8) is 0 Å². The normalized spacial score (nSPS) is 17.1. The van der Waals surface area contributed by atoms with Gasteiger partial charge in [-0.05, 0) is 37.8 Å². The average molecular weight is 254 g/mol. The lowest BCUT2D eigenvalue weighted by Crippen LogP contribution is -2.49. The van der Waals surface area contributed by atoms with Crippen LogP contribution in [0.1, 0.15) is 31.2 Å². The minimum Gasteiger partial charge on any atom is -0.325 e. The van der Waals surface area contributed by atoms with Crippen LogP contribution in [0.5, 0.6) is 0 Å². The number of carbonyl (C=O) groups excluding carboxylic acids is 1. The maximum Gasteiger partial charge on any atom is 0.226 e. The molecule has 2 rings (SSSR count). The van der Waals surface area contributed by atoms with E-state index in [0.29, 0.717) is 0 Å². The summed E-state index contributed by atoms with van der Waals surface area (Å²) in [5.74, 6) is -1.95. The van der Waals surface area contributed by atoms with Crippen LogP contribution < -0.4 is 11.1 Å². The first-order valence-electron chi connectivity index (χ1n) is 5.95. The third-order valence-corrected chi connectivity index (χ3v) is 3.41. The van der Waals surface area contributed by atoms with Gasteiger partial charge in [-0.3, -0.25) is 4.79 Å². The number of amides is 1. The average Bonchev–Trinajstić information content (AvgIpc) is 2.27. The topological polar surface area (TPSA) is 55.1 Å². The number of benzene rings is 1. The van der Waals surface area contributed by atoms with Crippen LogP contribution >= 0.6 is 0 Å². The molecule has 1 aromatic rings. The summed E-state index contributed by atoms with van der Waals surface area (Å²) in [7, 11) is 0. The van der Waals surface area contributed by atoms with E-state index in [0.717, 1.165) is 25.3 Å². The summed E-state index contributed by atoms with van der Waals surface area (Å²) in [6.45, 7) is 1.51. The van der Waals surface area contributed by atoms with Gasteiger partial charge in [-0.15, -0.1) is 0 Å². The molecular formula is C13H16F2N2O.